The van der Waals surface area contributed by atoms with Crippen LogP contribution in [0.5, 0.6) is 0 Å². The van der Waals surface area contributed by atoms with Crippen molar-refractivity contribution in [2.45, 2.75) is 39.7 Å². The first kappa shape index (κ1) is 12.4. The van der Waals surface area contributed by atoms with Crippen LogP contribution < -0.4 is 0 Å². The molecule has 0 spiro atoms. The molecule has 0 fully saturated rings. The molecule has 4 rings (SSSR count). The molecule has 2 aliphatic rings. The van der Waals surface area contributed by atoms with Gasteiger partial charge in [0.25, 0.3) is 0 Å². The second kappa shape index (κ2) is 4.41. The highest BCUT2D eigenvalue weighted by atomic mass is 16.5. The summed E-state index contributed by atoms with van der Waals surface area (Å²) in [6.07, 6.45) is 2.89. The van der Waals surface area contributed by atoms with Gasteiger partial charge in [-0.15, -0.1) is 0 Å². The monoisotopic (exact) mass is 297 g/mol. The van der Waals surface area contributed by atoms with Gasteiger partial charge in [-0.1, -0.05) is 32.5 Å². The van der Waals surface area contributed by atoms with Crippen LogP contribution in [0.15, 0.2) is 27.8 Å². The molecule has 2 aromatic rings. The highest BCUT2D eigenvalue weighted by Crippen LogP contribution is 2.47. The van der Waals surface area contributed by atoms with Crippen LogP contribution in [0.2, 0.25) is 0 Å². The predicted octanol–water partition coefficient (Wildman–Crippen LogP) is 3.21. The third-order valence-electron chi connectivity index (χ3n) is 4.44. The summed E-state index contributed by atoms with van der Waals surface area (Å²) >= 11 is 0. The summed E-state index contributed by atoms with van der Waals surface area (Å²) in [5, 5.41) is 8.67. The zero-order valence-electron chi connectivity index (χ0n) is 14.2. The van der Waals surface area contributed by atoms with E-state index in [1.807, 2.05) is 10.9 Å². The van der Waals surface area contributed by atoms with E-state index in [9.17, 15) is 0 Å². The third kappa shape index (κ3) is 1.81. The van der Waals surface area contributed by atoms with Gasteiger partial charge in [0.2, 0.25) is 0 Å². The summed E-state index contributed by atoms with van der Waals surface area (Å²) in [4.78, 5) is 4.39. The van der Waals surface area contributed by atoms with Crippen LogP contribution in [0.1, 0.15) is 44.9 Å². The van der Waals surface area contributed by atoms with E-state index in [4.69, 9.17) is 11.0 Å². The van der Waals surface area contributed by atoms with E-state index in [0.717, 1.165) is 41.1 Å². The molecule has 0 saturated heterocycles. The first-order chi connectivity index (χ1) is 10.9. The first-order valence-electron chi connectivity index (χ1n) is 8.11. The highest BCUT2D eigenvalue weighted by molar-refractivity contribution is 5.91. The molecule has 5 nitrogen and oxygen atoms in total. The maximum atomic E-state index is 8.25. The standard InChI is InChI=1S/C17H20N4O/c1-10-9-21-15(11-7-18-6-5-13(11)20-21)16-12(8-19-22-16)14(10)17(2,3)4/h7-8,14H,1,5-6,9H2,2-4H3/i8D. The zero-order chi connectivity index (χ0) is 16.4. The lowest BCUT2D eigenvalue weighted by atomic mass is 9.73. The molecular formula is C17H20N4O. The summed E-state index contributed by atoms with van der Waals surface area (Å²) in [5.74, 6) is 0.657. The Kier molecular flexibility index (Phi) is 2.48. The van der Waals surface area contributed by atoms with Gasteiger partial charge in [-0.25, -0.2) is 0 Å². The zero-order valence-corrected chi connectivity index (χ0v) is 13.2. The Morgan fingerprint density at radius 2 is 2.27 bits per heavy atom. The molecule has 0 aromatic carbocycles. The van der Waals surface area contributed by atoms with Crippen LogP contribution in [0, 0.1) is 5.41 Å². The number of hydrogen-bond acceptors (Lipinski definition) is 4. The quantitative estimate of drug-likeness (QED) is 0.702. The highest BCUT2D eigenvalue weighted by Gasteiger charge is 2.38. The van der Waals surface area contributed by atoms with E-state index >= 15 is 0 Å². The Hall–Kier alpha value is -2.17. The van der Waals surface area contributed by atoms with E-state index in [1.54, 1.807) is 0 Å². The maximum absolute atomic E-state index is 8.25. The molecule has 0 N–H and O–H groups in total. The number of allylic oxidation sites excluding steroid dienone is 1. The van der Waals surface area contributed by atoms with Gasteiger partial charge in [-0.2, -0.15) is 5.10 Å². The molecule has 2 aliphatic heterocycles. The molecule has 0 amide bonds. The summed E-state index contributed by atoms with van der Waals surface area (Å²) < 4.78 is 15.8. The van der Waals surface area contributed by atoms with Crippen molar-refractivity contribution in [3.8, 4) is 11.5 Å². The molecule has 22 heavy (non-hydrogen) atoms. The lowest BCUT2D eigenvalue weighted by Crippen LogP contribution is -2.21. The number of rotatable bonds is 0. The predicted molar refractivity (Wildman–Crippen MR) is 85.2 cm³/mol. The fourth-order valence-corrected chi connectivity index (χ4v) is 3.64. The van der Waals surface area contributed by atoms with Crippen LogP contribution in [0.4, 0.5) is 0 Å². The van der Waals surface area contributed by atoms with Gasteiger partial charge >= 0.3 is 0 Å². The molecule has 0 saturated carbocycles. The molecule has 0 bridgehead atoms. The smallest absolute Gasteiger partial charge is 0.189 e. The van der Waals surface area contributed by atoms with Gasteiger partial charge in [0.05, 0.1) is 19.8 Å². The second-order valence-corrected chi connectivity index (χ2v) is 7.15. The molecule has 0 radical (unpaired) electrons. The van der Waals surface area contributed by atoms with Crippen molar-refractivity contribution in [3.05, 3.63) is 35.1 Å². The molecule has 2 aromatic heterocycles. The summed E-state index contributed by atoms with van der Waals surface area (Å²) in [7, 11) is 0. The van der Waals surface area contributed by atoms with Gasteiger partial charge in [0, 0.05) is 36.2 Å². The minimum atomic E-state index is -0.0780. The van der Waals surface area contributed by atoms with Crippen molar-refractivity contribution in [2.75, 3.05) is 6.54 Å². The fourth-order valence-electron chi connectivity index (χ4n) is 3.64. The number of fused-ring (bicyclic) bond motifs is 5. The van der Waals surface area contributed by atoms with Crippen LogP contribution in [0.25, 0.3) is 11.5 Å². The molecule has 114 valence electrons. The number of hydrogen-bond donors (Lipinski definition) is 0. The summed E-state index contributed by atoms with van der Waals surface area (Å²) in [5.41, 5.74) is 4.69. The van der Waals surface area contributed by atoms with E-state index in [1.165, 1.54) is 0 Å². The summed E-state index contributed by atoms with van der Waals surface area (Å²) in [6.45, 7) is 12.2. The molecule has 1 atom stereocenters. The molecule has 1 unspecified atom stereocenters. The Labute approximate surface area is 131 Å². The van der Waals surface area contributed by atoms with Crippen molar-refractivity contribution in [2.24, 2.45) is 10.4 Å². The van der Waals surface area contributed by atoms with Crippen molar-refractivity contribution in [1.82, 2.24) is 14.9 Å². The number of nitrogens with zero attached hydrogens (tertiary/aromatic N) is 4. The lowest BCUT2D eigenvalue weighted by Gasteiger charge is -2.30. The molecule has 4 heterocycles. The maximum Gasteiger partial charge on any atom is 0.189 e. The minimum absolute atomic E-state index is 0.00845. The van der Waals surface area contributed by atoms with E-state index < -0.39 is 0 Å². The SMILES string of the molecule is [2H]c1noc2c1C(C(C)(C)C)C(=C)Cn1nc3c(c1-2)C=NCC3. The van der Waals surface area contributed by atoms with Crippen LogP contribution >= 0.6 is 0 Å². The van der Waals surface area contributed by atoms with Crippen LogP contribution in [-0.4, -0.2) is 27.7 Å². The fraction of sp³-hybridized carbons (Fsp3) is 0.471. The minimum Gasteiger partial charge on any atom is -0.354 e. The Balaban J connectivity index is 2.03. The van der Waals surface area contributed by atoms with Crippen molar-refractivity contribution in [3.63, 3.8) is 0 Å². The number of aromatic nitrogens is 3. The average Bonchev–Trinajstić information content (AvgIpc) is 2.95. The van der Waals surface area contributed by atoms with E-state index in [-0.39, 0.29) is 17.5 Å². The largest absolute Gasteiger partial charge is 0.354 e. The van der Waals surface area contributed by atoms with Crippen LogP contribution in [0.3, 0.4) is 0 Å². The second-order valence-electron chi connectivity index (χ2n) is 7.15. The molecule has 0 aliphatic carbocycles. The Morgan fingerprint density at radius 3 is 3.05 bits per heavy atom. The Morgan fingerprint density at radius 1 is 1.45 bits per heavy atom. The van der Waals surface area contributed by atoms with Crippen molar-refractivity contribution < 1.29 is 5.89 Å². The average molecular weight is 297 g/mol. The number of aliphatic imine (C=N–C) groups is 1. The first-order valence-corrected chi connectivity index (χ1v) is 7.61. The lowest BCUT2D eigenvalue weighted by molar-refractivity contribution is 0.346. The third-order valence-corrected chi connectivity index (χ3v) is 4.44. The van der Waals surface area contributed by atoms with Crippen LogP contribution in [-0.2, 0) is 13.0 Å². The Bertz CT molecular complexity index is 838. The normalized spacial score (nSPS) is 21.0. The topological polar surface area (TPSA) is 56.2 Å². The van der Waals surface area contributed by atoms with Gasteiger partial charge in [-0.3, -0.25) is 9.67 Å². The molecular weight excluding hydrogens is 276 g/mol. The van der Waals surface area contributed by atoms with E-state index in [0.29, 0.717) is 12.3 Å². The van der Waals surface area contributed by atoms with Gasteiger partial charge in [0.15, 0.2) is 5.76 Å². The van der Waals surface area contributed by atoms with Crippen molar-refractivity contribution in [1.29, 1.82) is 0 Å². The van der Waals surface area contributed by atoms with Gasteiger partial charge < -0.3 is 4.52 Å². The van der Waals surface area contributed by atoms with Crippen molar-refractivity contribution >= 4 is 6.21 Å². The summed E-state index contributed by atoms with van der Waals surface area (Å²) in [6, 6.07) is 0. The van der Waals surface area contributed by atoms with Gasteiger partial charge in [0.1, 0.15) is 5.69 Å². The van der Waals surface area contributed by atoms with E-state index in [2.05, 4.69) is 37.5 Å². The van der Waals surface area contributed by atoms with Gasteiger partial charge in [-0.05, 0) is 11.0 Å². The molecule has 5 heteroatoms.